The maximum atomic E-state index is 4.87. The van der Waals surface area contributed by atoms with Crippen molar-refractivity contribution in [1.82, 2.24) is 19.9 Å². The molecular formula is C132H88N8. The highest BCUT2D eigenvalue weighted by Gasteiger charge is 2.45. The van der Waals surface area contributed by atoms with Gasteiger partial charge in [0.2, 0.25) is 0 Å². The number of fused-ring (bicyclic) bond motifs is 48. The van der Waals surface area contributed by atoms with Gasteiger partial charge >= 0.3 is 0 Å². The van der Waals surface area contributed by atoms with Crippen LogP contribution in [0.15, 0.2) is 340 Å². The predicted molar refractivity (Wildman–Crippen MR) is 564 cm³/mol. The zero-order valence-corrected chi connectivity index (χ0v) is 77.2. The summed E-state index contributed by atoms with van der Waals surface area (Å²) in [6, 6.07) is 114. The molecule has 8 nitrogen and oxygen atoms in total. The van der Waals surface area contributed by atoms with E-state index in [1.807, 2.05) is 24.8 Å². The van der Waals surface area contributed by atoms with E-state index in [9.17, 15) is 0 Å². The van der Waals surface area contributed by atoms with Crippen LogP contribution in [0.4, 0.5) is 68.4 Å². The standard InChI is InChI=1S/4C33H22N2/c1-3-9-24-19(6-1)15-27-25(24)12-11-21-16-26-28(31(21)27)18-23-14-20-7-2-4-10-30(20)35-32(23)29(26)17-22-8-5-13-34-33(22)35;1-3-8-23-19(6-1)15-26-24(23)12-11-21-16-25-27(32(21)26)17-22-14-20-7-2-4-9-30(20)35-31-10-5-13-34-29(31)18-28(25)33(22)35;1-3-7-24-19(5-1)14-27-25(24)10-9-22-16-26-28(32(22)27)17-23-13-20-6-2-4-8-30(20)35-31-18-34-12-11-21(31)15-29(26)33(23)35;1-3-7-24-19(5-1)14-27-25(24)10-9-21-15-26-28(32(21)27)16-22-13-20-6-2-4-8-30(20)35-31-11-12-34-18-23(31)17-29(26)33(22)35/h1-13,18H,14-17H2;1-13,17H,14-16,18H2;1-12,17-18H,13-16H2;1-12,16,18H,13-15,17H2. The van der Waals surface area contributed by atoms with Gasteiger partial charge in [0.05, 0.1) is 57.4 Å². The predicted octanol–water partition coefficient (Wildman–Crippen LogP) is 30.0. The van der Waals surface area contributed by atoms with Gasteiger partial charge in [-0.1, -0.05) is 224 Å². The van der Waals surface area contributed by atoms with Crippen LogP contribution in [0.5, 0.6) is 0 Å². The van der Waals surface area contributed by atoms with E-state index >= 15 is 0 Å². The van der Waals surface area contributed by atoms with Gasteiger partial charge in [-0.3, -0.25) is 19.9 Å². The minimum Gasteiger partial charge on any atom is -0.309 e. The molecule has 0 fully saturated rings. The fraction of sp³-hybridized carbons (Fsp3) is 0.121. The first kappa shape index (κ1) is 76.5. The van der Waals surface area contributed by atoms with E-state index in [0.717, 1.165) is 109 Å². The Morgan fingerprint density at radius 2 is 0.450 bits per heavy atom. The summed E-state index contributed by atoms with van der Waals surface area (Å²) in [5.74, 6) is 1.10. The Balaban J connectivity index is 0.0000000829. The Hall–Kier alpha value is -16.7. The zero-order chi connectivity index (χ0) is 90.7. The van der Waals surface area contributed by atoms with Gasteiger partial charge in [-0.25, -0.2) is 4.98 Å². The number of benzene rings is 16. The first-order valence-electron chi connectivity index (χ1n) is 50.3. The molecule has 0 amide bonds. The van der Waals surface area contributed by atoms with Crippen LogP contribution in [-0.2, 0) is 103 Å². The fourth-order valence-electron chi connectivity index (χ4n) is 28.8. The number of pyridine rings is 4. The quantitative estimate of drug-likeness (QED) is 0.149. The molecule has 8 aliphatic carbocycles. The molecule has 0 saturated carbocycles. The lowest BCUT2D eigenvalue weighted by Gasteiger charge is -2.40. The Kier molecular flexibility index (Phi) is 15.6. The van der Waals surface area contributed by atoms with E-state index in [1.54, 1.807) is 0 Å². The van der Waals surface area contributed by atoms with Gasteiger partial charge in [0, 0.05) is 99.4 Å². The molecule has 12 heterocycles. The van der Waals surface area contributed by atoms with Crippen LogP contribution in [0.2, 0.25) is 0 Å². The average Bonchev–Trinajstić information content (AvgIpc) is 1.39. The van der Waals surface area contributed by atoms with Crippen LogP contribution < -0.4 is 19.6 Å². The first-order chi connectivity index (χ1) is 69.4. The maximum Gasteiger partial charge on any atom is 0.141 e. The second-order valence-electron chi connectivity index (χ2n) is 41.3. The number of nitrogens with zero attached hydrogens (tertiary/aromatic N) is 8. The summed E-state index contributed by atoms with van der Waals surface area (Å²) < 4.78 is 0. The number of rotatable bonds is 0. The molecule has 8 aliphatic heterocycles. The summed E-state index contributed by atoms with van der Waals surface area (Å²) in [7, 11) is 0. The van der Waals surface area contributed by atoms with E-state index in [-0.39, 0.29) is 0 Å². The molecule has 0 spiro atoms. The highest BCUT2D eigenvalue weighted by molar-refractivity contribution is 6.03. The van der Waals surface area contributed by atoms with Crippen LogP contribution in [-0.4, -0.2) is 19.9 Å². The zero-order valence-electron chi connectivity index (χ0n) is 77.2. The van der Waals surface area contributed by atoms with Crippen LogP contribution in [0.3, 0.4) is 0 Å². The van der Waals surface area contributed by atoms with E-state index in [1.165, 1.54) is 330 Å². The molecule has 0 saturated heterocycles. The van der Waals surface area contributed by atoms with Gasteiger partial charge in [-0.05, 0) is 392 Å². The molecule has 4 aromatic heterocycles. The summed E-state index contributed by atoms with van der Waals surface area (Å²) in [5, 5.41) is 0. The summed E-state index contributed by atoms with van der Waals surface area (Å²) in [5.41, 5.74) is 84.6. The molecule has 140 heavy (non-hydrogen) atoms. The van der Waals surface area contributed by atoms with Crippen molar-refractivity contribution >= 4 is 68.4 Å². The lowest BCUT2D eigenvalue weighted by molar-refractivity contribution is 0.956. The summed E-state index contributed by atoms with van der Waals surface area (Å²) in [6.45, 7) is 0. The first-order valence-corrected chi connectivity index (χ1v) is 50.3. The Bertz CT molecular complexity index is 8040. The monoisotopic (exact) mass is 1780 g/mol. The van der Waals surface area contributed by atoms with Crippen molar-refractivity contribution in [1.29, 1.82) is 0 Å². The third-order valence-corrected chi connectivity index (χ3v) is 34.5. The minimum atomic E-state index is 0.913. The van der Waals surface area contributed by atoms with E-state index < -0.39 is 0 Å². The van der Waals surface area contributed by atoms with Gasteiger partial charge in [0.25, 0.3) is 0 Å². The second-order valence-corrected chi connectivity index (χ2v) is 41.3. The third-order valence-electron chi connectivity index (χ3n) is 34.5. The largest absolute Gasteiger partial charge is 0.309 e. The molecule has 0 unspecified atom stereocenters. The van der Waals surface area contributed by atoms with Gasteiger partial charge in [0.15, 0.2) is 0 Å². The molecule has 0 N–H and O–H groups in total. The van der Waals surface area contributed by atoms with Crippen molar-refractivity contribution < 1.29 is 0 Å². The Labute approximate surface area is 812 Å². The average molecular weight is 1790 g/mol. The highest BCUT2D eigenvalue weighted by atomic mass is 15.2. The number of hydrogen-bond acceptors (Lipinski definition) is 8. The van der Waals surface area contributed by atoms with Crippen LogP contribution in [0.1, 0.15) is 178 Å². The fourth-order valence-corrected chi connectivity index (χ4v) is 28.8. The van der Waals surface area contributed by atoms with Crippen molar-refractivity contribution in [2.45, 2.75) is 103 Å². The van der Waals surface area contributed by atoms with Crippen LogP contribution >= 0.6 is 0 Å². The Morgan fingerprint density at radius 1 is 0.157 bits per heavy atom. The van der Waals surface area contributed by atoms with Gasteiger partial charge < -0.3 is 14.7 Å². The third kappa shape index (κ3) is 10.6. The lowest BCUT2D eigenvalue weighted by atomic mass is 9.82. The van der Waals surface area contributed by atoms with Crippen molar-refractivity contribution in [3.05, 3.63) is 519 Å². The SMILES string of the molecule is c1ccc2c(c1)Cc1c-2ccc2c1-c1cc3c4c(c1C2)Cc1cccnc1N4c1ccccc1C3.c1ccc2c(c1)Cc1c-2ccc2c1-c1cc3c4c(c1C2)Cc1ccncc1N4c1ccccc1C3.c1ccc2c(c1)Cc1c-2ccc2c1-c1cc3c4c(c1C2)Cc1cnccc1N4c1ccccc1C3.c1ccc2c(c1)Cc1c-2ccc2c1-c1cc3c4c(c1C2)Cc1ncccc1N4c1ccccc1C3. The van der Waals surface area contributed by atoms with Crippen LogP contribution in [0.25, 0.3) is 89.0 Å². The molecule has 656 valence electrons. The summed E-state index contributed by atoms with van der Waals surface area (Å²) in [4.78, 5) is 28.7. The van der Waals surface area contributed by atoms with Crippen molar-refractivity contribution in [3.63, 3.8) is 0 Å². The van der Waals surface area contributed by atoms with Crippen molar-refractivity contribution in [2.75, 3.05) is 19.6 Å². The Morgan fingerprint density at radius 3 is 0.886 bits per heavy atom. The van der Waals surface area contributed by atoms with Gasteiger partial charge in [0.1, 0.15) is 5.82 Å². The second kappa shape index (κ2) is 28.5. The molecular weight excluding hydrogens is 1700 g/mol. The normalized spacial score (nSPS) is 14.9. The number of anilines is 12. The van der Waals surface area contributed by atoms with Gasteiger partial charge in [-0.2, -0.15) is 0 Å². The molecule has 16 aromatic carbocycles. The summed E-state index contributed by atoms with van der Waals surface area (Å²) >= 11 is 0. The molecule has 0 bridgehead atoms. The maximum absolute atomic E-state index is 4.87. The number of hydrogen-bond donors (Lipinski definition) is 0. The number of para-hydroxylation sites is 4. The minimum absolute atomic E-state index is 0.913. The highest BCUT2D eigenvalue weighted by Crippen LogP contribution is 2.64. The van der Waals surface area contributed by atoms with Gasteiger partial charge in [-0.15, -0.1) is 0 Å². The molecule has 0 atom stereocenters. The van der Waals surface area contributed by atoms with Crippen molar-refractivity contribution in [3.8, 4) is 89.0 Å². The topological polar surface area (TPSA) is 64.5 Å². The van der Waals surface area contributed by atoms with Crippen LogP contribution in [0, 0.1) is 0 Å². The van der Waals surface area contributed by atoms with E-state index in [0.29, 0.717) is 0 Å². The van der Waals surface area contributed by atoms with E-state index in [4.69, 9.17) is 9.97 Å². The molecule has 20 aromatic rings. The molecule has 36 rings (SSSR count). The van der Waals surface area contributed by atoms with E-state index in [2.05, 4.69) is 345 Å². The molecule has 0 radical (unpaired) electrons. The van der Waals surface area contributed by atoms with Crippen molar-refractivity contribution in [2.24, 2.45) is 0 Å². The summed E-state index contributed by atoms with van der Waals surface area (Å²) in [6.07, 6.45) is 28.0. The number of aromatic nitrogens is 4. The molecule has 16 aliphatic rings. The smallest absolute Gasteiger partial charge is 0.141 e. The molecule has 8 heteroatoms. The lowest BCUT2D eigenvalue weighted by Crippen LogP contribution is -2.26.